The Hall–Kier alpha value is -0.820. The molecule has 2 N–H and O–H groups in total. The third kappa shape index (κ3) is 7.06. The highest BCUT2D eigenvalue weighted by Gasteiger charge is 2.32. The average molecular weight is 387 g/mol. The van der Waals surface area contributed by atoms with Gasteiger partial charge in [-0.3, -0.25) is 4.99 Å². The highest BCUT2D eigenvalue weighted by Crippen LogP contribution is 2.41. The van der Waals surface area contributed by atoms with E-state index < -0.39 is 9.84 Å². The van der Waals surface area contributed by atoms with Gasteiger partial charge in [0.05, 0.1) is 5.75 Å². The second-order valence-corrected chi connectivity index (χ2v) is 10.4. The molecule has 7 heteroatoms. The van der Waals surface area contributed by atoms with Crippen molar-refractivity contribution in [3.8, 4) is 0 Å². The van der Waals surface area contributed by atoms with Crippen molar-refractivity contribution in [2.24, 2.45) is 10.4 Å². The van der Waals surface area contributed by atoms with Crippen LogP contribution in [0.1, 0.15) is 58.8 Å². The van der Waals surface area contributed by atoms with Gasteiger partial charge in [-0.1, -0.05) is 19.8 Å². The van der Waals surface area contributed by atoms with Gasteiger partial charge in [-0.25, -0.2) is 8.42 Å². The zero-order valence-electron chi connectivity index (χ0n) is 16.9. The number of sulfone groups is 1. The van der Waals surface area contributed by atoms with Crippen molar-refractivity contribution in [3.63, 3.8) is 0 Å². The fourth-order valence-corrected chi connectivity index (χ4v) is 4.69. The largest absolute Gasteiger partial charge is 0.357 e. The topological polar surface area (TPSA) is 73.8 Å². The van der Waals surface area contributed by atoms with Crippen LogP contribution < -0.4 is 10.6 Å². The highest BCUT2D eigenvalue weighted by molar-refractivity contribution is 7.90. The third-order valence-electron chi connectivity index (χ3n) is 6.04. The van der Waals surface area contributed by atoms with Gasteiger partial charge in [-0.05, 0) is 44.4 Å². The standard InChI is InChI=1S/C19H38N4O2S/c1-4-19(10-6-7-11-19)16-21-18(20-5-2)22-17-8-12-23(13-9-17)14-15-26(3,24)25/h17H,4-16H2,1-3H3,(H2,20,21,22). The van der Waals surface area contributed by atoms with Crippen molar-refractivity contribution in [1.29, 1.82) is 0 Å². The first-order valence-corrected chi connectivity index (χ1v) is 12.4. The molecule has 0 aromatic heterocycles. The monoisotopic (exact) mass is 386 g/mol. The molecule has 1 heterocycles. The van der Waals surface area contributed by atoms with Crippen LogP contribution in [0.3, 0.4) is 0 Å². The van der Waals surface area contributed by atoms with Crippen molar-refractivity contribution in [1.82, 2.24) is 15.5 Å². The Morgan fingerprint density at radius 1 is 1.19 bits per heavy atom. The summed E-state index contributed by atoms with van der Waals surface area (Å²) in [7, 11) is -2.87. The predicted molar refractivity (Wildman–Crippen MR) is 109 cm³/mol. The van der Waals surface area contributed by atoms with Crippen LogP contribution in [0.4, 0.5) is 0 Å². The minimum absolute atomic E-state index is 0.258. The summed E-state index contributed by atoms with van der Waals surface area (Å²) in [5.74, 6) is 1.20. The van der Waals surface area contributed by atoms with Crippen LogP contribution in [-0.2, 0) is 9.84 Å². The number of hydrogen-bond donors (Lipinski definition) is 2. The second-order valence-electron chi connectivity index (χ2n) is 8.15. The van der Waals surface area contributed by atoms with Gasteiger partial charge < -0.3 is 15.5 Å². The van der Waals surface area contributed by atoms with Crippen molar-refractivity contribution < 1.29 is 8.42 Å². The molecule has 1 aliphatic carbocycles. The molecule has 2 rings (SSSR count). The number of nitrogens with one attached hydrogen (secondary N) is 2. The van der Waals surface area contributed by atoms with Gasteiger partial charge in [0.15, 0.2) is 5.96 Å². The van der Waals surface area contributed by atoms with Crippen molar-refractivity contribution in [2.75, 3.05) is 44.7 Å². The molecule has 0 radical (unpaired) electrons. The van der Waals surface area contributed by atoms with Crippen molar-refractivity contribution >= 4 is 15.8 Å². The molecule has 1 saturated heterocycles. The predicted octanol–water partition coefficient (Wildman–Crippen LogP) is 2.02. The number of likely N-dealkylation sites (tertiary alicyclic amines) is 1. The summed E-state index contributed by atoms with van der Waals surface area (Å²) < 4.78 is 22.6. The van der Waals surface area contributed by atoms with E-state index in [2.05, 4.69) is 29.4 Å². The minimum atomic E-state index is -2.87. The number of guanidine groups is 1. The summed E-state index contributed by atoms with van der Waals surface area (Å²) in [4.78, 5) is 7.18. The smallest absolute Gasteiger partial charge is 0.191 e. The Kier molecular flexibility index (Phi) is 8.20. The molecule has 0 bridgehead atoms. The number of rotatable bonds is 8. The molecule has 26 heavy (non-hydrogen) atoms. The van der Waals surface area contributed by atoms with Crippen LogP contribution in [0, 0.1) is 5.41 Å². The van der Waals surface area contributed by atoms with E-state index in [0.29, 0.717) is 18.0 Å². The van der Waals surface area contributed by atoms with Gasteiger partial charge in [0.2, 0.25) is 0 Å². The number of nitrogens with zero attached hydrogens (tertiary/aromatic N) is 2. The van der Waals surface area contributed by atoms with Gasteiger partial charge in [0.25, 0.3) is 0 Å². The summed E-state index contributed by atoms with van der Waals surface area (Å²) in [6.07, 6.45) is 9.91. The van der Waals surface area contributed by atoms with E-state index in [9.17, 15) is 8.42 Å². The normalized spacial score (nSPS) is 22.5. The van der Waals surface area contributed by atoms with Crippen LogP contribution >= 0.6 is 0 Å². The Balaban J connectivity index is 1.81. The van der Waals surface area contributed by atoms with Gasteiger partial charge in [-0.15, -0.1) is 0 Å². The molecule has 2 aliphatic rings. The molecule has 0 amide bonds. The lowest BCUT2D eigenvalue weighted by Crippen LogP contribution is -2.49. The number of piperidine rings is 1. The van der Waals surface area contributed by atoms with E-state index in [1.54, 1.807) is 0 Å². The Bertz CT molecular complexity index is 548. The fourth-order valence-electron chi connectivity index (χ4n) is 4.10. The average Bonchev–Trinajstić information content (AvgIpc) is 3.08. The molecule has 6 nitrogen and oxygen atoms in total. The summed E-state index contributed by atoms with van der Waals surface area (Å²) >= 11 is 0. The summed E-state index contributed by atoms with van der Waals surface area (Å²) in [5.41, 5.74) is 0.414. The van der Waals surface area contributed by atoms with E-state index in [1.165, 1.54) is 38.4 Å². The Morgan fingerprint density at radius 3 is 2.38 bits per heavy atom. The molecule has 0 aromatic carbocycles. The molecule has 1 saturated carbocycles. The SMILES string of the molecule is CCNC(=NCC1(CC)CCCC1)NC1CCN(CCS(C)(=O)=O)CC1. The van der Waals surface area contributed by atoms with E-state index in [-0.39, 0.29) is 5.75 Å². The molecule has 0 atom stereocenters. The summed E-state index contributed by atoms with van der Waals surface area (Å²) in [6.45, 7) is 8.75. The summed E-state index contributed by atoms with van der Waals surface area (Å²) in [6, 6.07) is 0.420. The zero-order valence-corrected chi connectivity index (χ0v) is 17.7. The lowest BCUT2D eigenvalue weighted by molar-refractivity contribution is 0.216. The van der Waals surface area contributed by atoms with Gasteiger partial charge in [-0.2, -0.15) is 0 Å². The quantitative estimate of drug-likeness (QED) is 0.493. The lowest BCUT2D eigenvalue weighted by Gasteiger charge is -2.33. The molecule has 0 unspecified atom stereocenters. The Labute approximate surface area is 160 Å². The van der Waals surface area contributed by atoms with Crippen LogP contribution in [-0.4, -0.2) is 70.1 Å². The molecule has 152 valence electrons. The summed E-state index contributed by atoms with van der Waals surface area (Å²) in [5, 5.41) is 7.01. The van der Waals surface area contributed by atoms with Gasteiger partial charge in [0.1, 0.15) is 9.84 Å². The van der Waals surface area contributed by atoms with Crippen molar-refractivity contribution in [3.05, 3.63) is 0 Å². The molecule has 2 fully saturated rings. The van der Waals surface area contributed by atoms with Gasteiger partial charge in [0, 0.05) is 45.0 Å². The van der Waals surface area contributed by atoms with Crippen molar-refractivity contribution in [2.45, 2.75) is 64.8 Å². The maximum atomic E-state index is 11.3. The van der Waals surface area contributed by atoms with Gasteiger partial charge >= 0.3 is 0 Å². The molecule has 1 aliphatic heterocycles. The number of aliphatic imine (C=N–C) groups is 1. The first-order chi connectivity index (χ1) is 12.4. The highest BCUT2D eigenvalue weighted by atomic mass is 32.2. The van der Waals surface area contributed by atoms with Crippen LogP contribution in [0.15, 0.2) is 4.99 Å². The maximum absolute atomic E-state index is 11.3. The maximum Gasteiger partial charge on any atom is 0.191 e. The third-order valence-corrected chi connectivity index (χ3v) is 6.96. The molecular formula is C19H38N4O2S. The fraction of sp³-hybridized carbons (Fsp3) is 0.947. The van der Waals surface area contributed by atoms with E-state index >= 15 is 0 Å². The Morgan fingerprint density at radius 2 is 1.85 bits per heavy atom. The number of hydrogen-bond acceptors (Lipinski definition) is 4. The first kappa shape index (κ1) is 21.5. The molecular weight excluding hydrogens is 348 g/mol. The minimum Gasteiger partial charge on any atom is -0.357 e. The van der Waals surface area contributed by atoms with E-state index in [4.69, 9.17) is 4.99 Å². The van der Waals surface area contributed by atoms with Crippen LogP contribution in [0.25, 0.3) is 0 Å². The molecule has 0 spiro atoms. The molecule has 0 aromatic rings. The first-order valence-electron chi connectivity index (χ1n) is 10.3. The lowest BCUT2D eigenvalue weighted by atomic mass is 9.84. The second kappa shape index (κ2) is 9.93. The van der Waals surface area contributed by atoms with Crippen LogP contribution in [0.2, 0.25) is 0 Å². The zero-order chi connectivity index (χ0) is 19.0. The van der Waals surface area contributed by atoms with Crippen LogP contribution in [0.5, 0.6) is 0 Å². The van der Waals surface area contributed by atoms with E-state index in [0.717, 1.165) is 45.0 Å². The van der Waals surface area contributed by atoms with E-state index in [1.807, 2.05) is 0 Å².